The molecule has 80 valence electrons. The molecule has 0 N–H and O–H groups in total. The van der Waals surface area contributed by atoms with Crippen LogP contribution in [0.15, 0.2) is 22.6 Å². The molecule has 1 aromatic rings. The first-order valence-electron chi connectivity index (χ1n) is 4.37. The molecule has 0 saturated carbocycles. The Balaban J connectivity index is 0.00000225. The van der Waals surface area contributed by atoms with Gasteiger partial charge in [-0.2, -0.15) is 5.26 Å². The number of hydrogen-bond donors (Lipinski definition) is 0. The Labute approximate surface area is 134 Å². The summed E-state index contributed by atoms with van der Waals surface area (Å²) in [5, 5.41) is 8.22. The predicted octanol–water partition coefficient (Wildman–Crippen LogP) is -0.345. The quantitative estimate of drug-likeness (QED) is 0.543. The number of hydrogen-bond acceptors (Lipinski definition) is 2. The molecule has 1 rings (SSSR count). The Morgan fingerprint density at radius 1 is 1.38 bits per heavy atom. The van der Waals surface area contributed by atoms with Crippen molar-refractivity contribution >= 4 is 18.7 Å². The van der Waals surface area contributed by atoms with Gasteiger partial charge < -0.3 is 17.4 Å². The van der Waals surface area contributed by atoms with Crippen LogP contribution < -0.4 is 57.0 Å². The fourth-order valence-corrected chi connectivity index (χ4v) is 0.981. The van der Waals surface area contributed by atoms with E-state index in [0.717, 1.165) is 6.07 Å². The van der Waals surface area contributed by atoms with Gasteiger partial charge in [0.2, 0.25) is 0 Å². The van der Waals surface area contributed by atoms with Crippen LogP contribution in [0.2, 0.25) is 0 Å². The molecule has 0 aliphatic heterocycles. The summed E-state index contributed by atoms with van der Waals surface area (Å²) in [6, 6.07) is 4.09. The number of nitrogens with zero attached hydrogens (tertiary/aromatic N) is 1. The average Bonchev–Trinajstić information content (AvgIpc) is 2.60. The van der Waals surface area contributed by atoms with E-state index in [4.69, 9.17) is 5.26 Å². The van der Waals surface area contributed by atoms with Crippen molar-refractivity contribution in [2.24, 2.45) is 0 Å². The Bertz CT molecular complexity index is 394. The van der Waals surface area contributed by atoms with E-state index in [1.54, 1.807) is 6.08 Å². The molecule has 0 aliphatic rings. The topological polar surface area (TPSA) is 36.9 Å². The molecule has 2 nitrogen and oxygen atoms in total. The number of rotatable bonds is 4. The van der Waals surface area contributed by atoms with E-state index in [0.29, 0.717) is 12.8 Å². The largest absolute Gasteiger partial charge is 1.00 e. The number of nitriles is 1. The second-order valence-corrected chi connectivity index (χ2v) is 2.91. The smallest absolute Gasteiger partial charge is 0.493 e. The Morgan fingerprint density at radius 3 is 2.56 bits per heavy atom. The summed E-state index contributed by atoms with van der Waals surface area (Å²) in [4.78, 5) is 0. The van der Waals surface area contributed by atoms with Crippen molar-refractivity contribution < 1.29 is 68.7 Å². The molecule has 16 heavy (non-hydrogen) atoms. The average molecular weight is 253 g/mol. The molecule has 0 aliphatic carbocycles. The van der Waals surface area contributed by atoms with Crippen LogP contribution in [0.25, 0.3) is 6.08 Å². The zero-order valence-electron chi connectivity index (χ0n) is 8.79. The van der Waals surface area contributed by atoms with Gasteiger partial charge in [0.15, 0.2) is 0 Å². The number of furan rings is 1. The van der Waals surface area contributed by atoms with Gasteiger partial charge >= 0.3 is 58.4 Å². The van der Waals surface area contributed by atoms with E-state index >= 15 is 0 Å². The van der Waals surface area contributed by atoms with E-state index in [1.807, 2.05) is 6.07 Å². The molecule has 0 amide bonds. The number of allylic oxidation sites excluding steroid dienone is 1. The first kappa shape index (κ1) is 16.0. The molecule has 0 radical (unpaired) electrons. The van der Waals surface area contributed by atoms with Crippen LogP contribution in [0.1, 0.15) is 18.6 Å². The van der Waals surface area contributed by atoms with Gasteiger partial charge in [-0.15, -0.1) is 0 Å². The van der Waals surface area contributed by atoms with Gasteiger partial charge in [-0.25, -0.2) is 0 Å². The van der Waals surface area contributed by atoms with Gasteiger partial charge in [0, 0.05) is 12.1 Å². The maximum Gasteiger partial charge on any atom is 1.00 e. The molecule has 0 fully saturated rings. The summed E-state index contributed by atoms with van der Waals surface area (Å²) in [5.74, 6) is 0.155. The SMILES string of the molecule is N#CCC/C=C\c1ccc([B-](F)(F)F)o1.[K+]. The minimum absolute atomic E-state index is 0. The van der Waals surface area contributed by atoms with Crippen LogP contribution in [0, 0.1) is 11.3 Å². The van der Waals surface area contributed by atoms with Crippen molar-refractivity contribution in [2.75, 3.05) is 0 Å². The summed E-state index contributed by atoms with van der Waals surface area (Å²) in [6.45, 7) is -5.06. The first-order chi connectivity index (χ1) is 7.04. The van der Waals surface area contributed by atoms with E-state index < -0.39 is 12.6 Å². The van der Waals surface area contributed by atoms with Crippen LogP contribution in [0.5, 0.6) is 0 Å². The number of halogens is 3. The summed E-state index contributed by atoms with van der Waals surface area (Å²) in [7, 11) is 0. The third-order valence-electron chi connectivity index (χ3n) is 1.68. The zero-order chi connectivity index (χ0) is 11.3. The zero-order valence-corrected chi connectivity index (χ0v) is 11.9. The monoisotopic (exact) mass is 253 g/mol. The van der Waals surface area contributed by atoms with Gasteiger partial charge in [0.25, 0.3) is 0 Å². The van der Waals surface area contributed by atoms with Crippen LogP contribution in [-0.2, 0) is 0 Å². The van der Waals surface area contributed by atoms with Crippen molar-refractivity contribution in [1.29, 1.82) is 5.26 Å². The van der Waals surface area contributed by atoms with Crippen molar-refractivity contribution in [1.82, 2.24) is 0 Å². The molecule has 0 aromatic carbocycles. The Kier molecular flexibility index (Phi) is 7.35. The van der Waals surface area contributed by atoms with Crippen LogP contribution in [0.3, 0.4) is 0 Å². The van der Waals surface area contributed by atoms with E-state index in [2.05, 4.69) is 4.42 Å². The number of unbranched alkanes of at least 4 members (excludes halogenated alkanes) is 1. The molecule has 0 spiro atoms. The van der Waals surface area contributed by atoms with E-state index in [-0.39, 0.29) is 57.1 Å². The van der Waals surface area contributed by atoms with Crippen LogP contribution in [-0.4, -0.2) is 6.98 Å². The molecule has 0 unspecified atom stereocenters. The third kappa shape index (κ3) is 5.37. The van der Waals surface area contributed by atoms with Gasteiger partial charge in [-0.3, -0.25) is 0 Å². The third-order valence-corrected chi connectivity index (χ3v) is 1.68. The second kappa shape index (κ2) is 7.35. The van der Waals surface area contributed by atoms with Crippen molar-refractivity contribution in [3.63, 3.8) is 0 Å². The molecular formula is C9H8BF3KNO. The minimum Gasteiger partial charge on any atom is -0.493 e. The van der Waals surface area contributed by atoms with Crippen molar-refractivity contribution in [3.05, 3.63) is 24.0 Å². The molecule has 0 atom stereocenters. The van der Waals surface area contributed by atoms with Crippen LogP contribution in [0.4, 0.5) is 12.9 Å². The molecule has 7 heteroatoms. The molecular weight excluding hydrogens is 245 g/mol. The molecule has 1 aromatic heterocycles. The Hall–Kier alpha value is 0.00130. The molecule has 1 heterocycles. The normalized spacial score (nSPS) is 11.1. The summed E-state index contributed by atoms with van der Waals surface area (Å²) < 4.78 is 41.0. The summed E-state index contributed by atoms with van der Waals surface area (Å²) >= 11 is 0. The van der Waals surface area contributed by atoms with Crippen molar-refractivity contribution in [2.45, 2.75) is 12.8 Å². The van der Waals surface area contributed by atoms with E-state index in [9.17, 15) is 12.9 Å². The second-order valence-electron chi connectivity index (χ2n) is 2.91. The van der Waals surface area contributed by atoms with Gasteiger partial charge in [-0.05, 0) is 18.6 Å². The van der Waals surface area contributed by atoms with Gasteiger partial charge in [0.05, 0.1) is 6.07 Å². The maximum absolute atomic E-state index is 12.1. The molecule has 0 saturated heterocycles. The molecule has 0 bridgehead atoms. The fourth-order valence-electron chi connectivity index (χ4n) is 0.981. The van der Waals surface area contributed by atoms with Crippen molar-refractivity contribution in [3.8, 4) is 6.07 Å². The van der Waals surface area contributed by atoms with Crippen LogP contribution >= 0.6 is 0 Å². The van der Waals surface area contributed by atoms with Gasteiger partial charge in [-0.1, -0.05) is 12.1 Å². The maximum atomic E-state index is 12.1. The Morgan fingerprint density at radius 2 is 2.06 bits per heavy atom. The van der Waals surface area contributed by atoms with E-state index in [1.165, 1.54) is 12.1 Å². The fraction of sp³-hybridized carbons (Fsp3) is 0.222. The predicted molar refractivity (Wildman–Crippen MR) is 51.3 cm³/mol. The summed E-state index contributed by atoms with van der Waals surface area (Å²) in [5.41, 5.74) is -0.949. The first-order valence-corrected chi connectivity index (χ1v) is 4.37. The minimum atomic E-state index is -5.06. The van der Waals surface area contributed by atoms with Gasteiger partial charge in [0.1, 0.15) is 5.76 Å². The summed E-state index contributed by atoms with van der Waals surface area (Å²) in [6.07, 6.45) is 3.88. The standard InChI is InChI=1S/C9H8BF3NO.K/c11-10(12,13)9-6-5-8(15-9)4-2-1-3-7-14;/h2,4-6H,1,3H2;/q-1;+1/b4-2-;.